The molecule has 3 rings (SSSR count). The molecule has 0 aliphatic rings. The molecular weight excluding hydrogens is 310 g/mol. The Kier molecular flexibility index (Phi) is 3.56. The second-order valence-electron chi connectivity index (χ2n) is 4.17. The van der Waals surface area contributed by atoms with Gasteiger partial charge in [-0.25, -0.2) is 4.98 Å². The van der Waals surface area contributed by atoms with Crippen LogP contribution in [-0.2, 0) is 0 Å². The third kappa shape index (κ3) is 2.60. The number of aromatic nitrogens is 1. The molecule has 0 saturated carbocycles. The number of thiazole rings is 1. The molecule has 0 radical (unpaired) electrons. The molecule has 0 aliphatic carbocycles. The van der Waals surface area contributed by atoms with Crippen molar-refractivity contribution in [3.8, 4) is 0 Å². The largest absolute Gasteiger partial charge is 0.389 e. The highest BCUT2D eigenvalue weighted by Gasteiger charge is 2.08. The summed E-state index contributed by atoms with van der Waals surface area (Å²) in [4.78, 5) is 4.87. The van der Waals surface area contributed by atoms with Gasteiger partial charge in [-0.3, -0.25) is 0 Å². The molecule has 0 fully saturated rings. The Morgan fingerprint density at radius 1 is 1.25 bits per heavy atom. The van der Waals surface area contributed by atoms with Crippen molar-refractivity contribution in [3.63, 3.8) is 0 Å². The molecule has 0 saturated heterocycles. The van der Waals surface area contributed by atoms with Crippen LogP contribution in [-0.4, -0.2) is 9.97 Å². The van der Waals surface area contributed by atoms with Crippen LogP contribution in [0.15, 0.2) is 42.5 Å². The van der Waals surface area contributed by atoms with Gasteiger partial charge in [0.2, 0.25) is 0 Å². The summed E-state index contributed by atoms with van der Waals surface area (Å²) in [6.07, 6.45) is 0. The van der Waals surface area contributed by atoms with Gasteiger partial charge in [0.25, 0.3) is 0 Å². The maximum atomic E-state index is 5.98. The summed E-state index contributed by atoms with van der Waals surface area (Å²) in [5, 5.41) is 4.75. The Morgan fingerprint density at radius 3 is 2.85 bits per heavy atom. The van der Waals surface area contributed by atoms with Crippen LogP contribution in [0.3, 0.4) is 0 Å². The van der Waals surface area contributed by atoms with E-state index in [1.807, 2.05) is 42.5 Å². The lowest BCUT2D eigenvalue weighted by Crippen LogP contribution is -2.11. The first-order valence-corrected chi connectivity index (χ1v) is 7.46. The average Bonchev–Trinajstić information content (AvgIpc) is 2.80. The molecule has 0 aliphatic heterocycles. The van der Waals surface area contributed by atoms with Crippen LogP contribution < -0.4 is 11.1 Å². The Balaban J connectivity index is 1.99. The lowest BCUT2D eigenvalue weighted by Gasteiger charge is -2.07. The fourth-order valence-electron chi connectivity index (χ4n) is 1.87. The molecule has 0 bridgehead atoms. The summed E-state index contributed by atoms with van der Waals surface area (Å²) in [5.41, 5.74) is 8.29. The first-order chi connectivity index (χ1) is 9.63. The average molecular weight is 320 g/mol. The molecule has 0 amide bonds. The van der Waals surface area contributed by atoms with E-state index in [0.717, 1.165) is 26.6 Å². The molecule has 3 aromatic rings. The number of benzene rings is 2. The van der Waals surface area contributed by atoms with Gasteiger partial charge < -0.3 is 11.1 Å². The van der Waals surface area contributed by atoms with Gasteiger partial charge in [0.1, 0.15) is 4.99 Å². The van der Waals surface area contributed by atoms with Gasteiger partial charge in [-0.2, -0.15) is 0 Å². The lowest BCUT2D eigenvalue weighted by molar-refractivity contribution is 1.44. The van der Waals surface area contributed by atoms with Crippen molar-refractivity contribution in [1.82, 2.24) is 4.98 Å². The number of nitrogens with two attached hydrogens (primary N) is 1. The van der Waals surface area contributed by atoms with Gasteiger partial charge in [-0.15, -0.1) is 0 Å². The van der Waals surface area contributed by atoms with E-state index in [0.29, 0.717) is 10.0 Å². The highest BCUT2D eigenvalue weighted by atomic mass is 35.5. The Morgan fingerprint density at radius 2 is 2.05 bits per heavy atom. The first kappa shape index (κ1) is 13.3. The normalized spacial score (nSPS) is 10.7. The van der Waals surface area contributed by atoms with Gasteiger partial charge in [-0.05, 0) is 30.3 Å². The molecule has 1 aromatic heterocycles. The van der Waals surface area contributed by atoms with Crippen LogP contribution >= 0.6 is 35.2 Å². The number of hydrogen-bond donors (Lipinski definition) is 2. The van der Waals surface area contributed by atoms with Gasteiger partial charge in [-0.1, -0.05) is 47.3 Å². The van der Waals surface area contributed by atoms with E-state index in [1.165, 1.54) is 11.3 Å². The Hall–Kier alpha value is -1.69. The molecule has 20 heavy (non-hydrogen) atoms. The number of anilines is 2. The van der Waals surface area contributed by atoms with E-state index < -0.39 is 0 Å². The van der Waals surface area contributed by atoms with Crippen LogP contribution in [0.1, 0.15) is 5.56 Å². The zero-order valence-corrected chi connectivity index (χ0v) is 12.6. The van der Waals surface area contributed by atoms with Crippen LogP contribution in [0, 0.1) is 0 Å². The SMILES string of the molecule is NC(=S)c1ccccc1Nc1nc2ccc(Cl)cc2s1. The Bertz CT molecular complexity index is 798. The van der Waals surface area contributed by atoms with Crippen LogP contribution in [0.4, 0.5) is 10.8 Å². The van der Waals surface area contributed by atoms with Crippen molar-refractivity contribution >= 4 is 61.2 Å². The molecule has 6 heteroatoms. The molecule has 0 unspecified atom stereocenters. The number of thiocarbonyl (C=S) groups is 1. The maximum absolute atomic E-state index is 5.98. The monoisotopic (exact) mass is 319 g/mol. The molecule has 100 valence electrons. The molecule has 0 atom stereocenters. The second kappa shape index (κ2) is 5.36. The minimum absolute atomic E-state index is 0.359. The quantitative estimate of drug-likeness (QED) is 0.706. The van der Waals surface area contributed by atoms with Crippen molar-refractivity contribution in [2.24, 2.45) is 5.73 Å². The summed E-state index contributed by atoms with van der Waals surface area (Å²) >= 11 is 12.6. The first-order valence-electron chi connectivity index (χ1n) is 5.85. The molecule has 2 aromatic carbocycles. The molecule has 3 N–H and O–H groups in total. The summed E-state index contributed by atoms with van der Waals surface area (Å²) in [6.45, 7) is 0. The van der Waals surface area contributed by atoms with Crippen molar-refractivity contribution in [1.29, 1.82) is 0 Å². The Labute approximate surface area is 130 Å². The summed E-state index contributed by atoms with van der Waals surface area (Å²) in [5.74, 6) is 0. The van der Waals surface area contributed by atoms with Gasteiger partial charge in [0.15, 0.2) is 5.13 Å². The fraction of sp³-hybridized carbons (Fsp3) is 0. The number of hydrogen-bond acceptors (Lipinski definition) is 4. The second-order valence-corrected chi connectivity index (χ2v) is 6.07. The number of nitrogens with one attached hydrogen (secondary N) is 1. The number of halogens is 1. The van der Waals surface area contributed by atoms with E-state index in [-0.39, 0.29) is 0 Å². The number of nitrogens with zero attached hydrogens (tertiary/aromatic N) is 1. The van der Waals surface area contributed by atoms with Crippen LogP contribution in [0.25, 0.3) is 10.2 Å². The third-order valence-electron chi connectivity index (χ3n) is 2.78. The van der Waals surface area contributed by atoms with Crippen molar-refractivity contribution in [3.05, 3.63) is 53.1 Å². The predicted molar refractivity (Wildman–Crippen MR) is 90.2 cm³/mol. The molecule has 1 heterocycles. The fourth-order valence-corrected chi connectivity index (χ4v) is 3.21. The number of rotatable bonds is 3. The van der Waals surface area contributed by atoms with E-state index in [1.54, 1.807) is 0 Å². The highest BCUT2D eigenvalue weighted by molar-refractivity contribution is 7.80. The van der Waals surface area contributed by atoms with E-state index in [9.17, 15) is 0 Å². The van der Waals surface area contributed by atoms with Crippen molar-refractivity contribution in [2.75, 3.05) is 5.32 Å². The minimum Gasteiger partial charge on any atom is -0.389 e. The number of para-hydroxylation sites is 1. The molecule has 3 nitrogen and oxygen atoms in total. The summed E-state index contributed by atoms with van der Waals surface area (Å²) in [6, 6.07) is 13.3. The topological polar surface area (TPSA) is 50.9 Å². The highest BCUT2D eigenvalue weighted by Crippen LogP contribution is 2.31. The summed E-state index contributed by atoms with van der Waals surface area (Å²) < 4.78 is 1.04. The van der Waals surface area contributed by atoms with Crippen LogP contribution in [0.5, 0.6) is 0 Å². The van der Waals surface area contributed by atoms with Crippen molar-refractivity contribution < 1.29 is 0 Å². The third-order valence-corrected chi connectivity index (χ3v) is 4.17. The predicted octanol–water partition coefficient (Wildman–Crippen LogP) is 4.33. The molecular formula is C14H10ClN3S2. The van der Waals surface area contributed by atoms with Gasteiger partial charge in [0, 0.05) is 10.6 Å². The summed E-state index contributed by atoms with van der Waals surface area (Å²) in [7, 11) is 0. The maximum Gasteiger partial charge on any atom is 0.188 e. The lowest BCUT2D eigenvalue weighted by atomic mass is 10.2. The zero-order valence-electron chi connectivity index (χ0n) is 10.3. The van der Waals surface area contributed by atoms with Gasteiger partial charge in [0.05, 0.1) is 15.9 Å². The standard InChI is InChI=1S/C14H10ClN3S2/c15-8-5-6-11-12(7-8)20-14(18-11)17-10-4-2-1-3-9(10)13(16)19/h1-7H,(H2,16,19)(H,17,18). The van der Waals surface area contributed by atoms with Crippen molar-refractivity contribution in [2.45, 2.75) is 0 Å². The minimum atomic E-state index is 0.359. The van der Waals surface area contributed by atoms with E-state index in [4.69, 9.17) is 29.6 Å². The van der Waals surface area contributed by atoms with E-state index >= 15 is 0 Å². The zero-order chi connectivity index (χ0) is 14.1. The van der Waals surface area contributed by atoms with Gasteiger partial charge >= 0.3 is 0 Å². The van der Waals surface area contributed by atoms with Crippen LogP contribution in [0.2, 0.25) is 5.02 Å². The molecule has 0 spiro atoms. The smallest absolute Gasteiger partial charge is 0.188 e. The van der Waals surface area contributed by atoms with E-state index in [2.05, 4.69) is 10.3 Å². The number of fused-ring (bicyclic) bond motifs is 1.